The first-order chi connectivity index (χ1) is 8.69. The van der Waals surface area contributed by atoms with Crippen molar-refractivity contribution in [1.29, 1.82) is 0 Å². The molecule has 0 saturated carbocycles. The molecule has 0 heterocycles. The molecule has 1 rings (SSSR count). The van der Waals surface area contributed by atoms with Gasteiger partial charge in [-0.1, -0.05) is 6.08 Å². The maximum absolute atomic E-state index is 11.7. The van der Waals surface area contributed by atoms with E-state index in [0.717, 1.165) is 0 Å². The first kappa shape index (κ1) is 15.2. The highest BCUT2D eigenvalue weighted by atomic mass is 16.6. The van der Waals surface area contributed by atoms with Crippen molar-refractivity contribution in [2.75, 3.05) is 0 Å². The van der Waals surface area contributed by atoms with Crippen molar-refractivity contribution >= 4 is 17.8 Å². The number of hydrogen-bond donors (Lipinski definition) is 2. The molecule has 0 radical (unpaired) electrons. The Balaban J connectivity index is 2.69. The smallest absolute Gasteiger partial charge is 0.407 e. The van der Waals surface area contributed by atoms with E-state index in [-0.39, 0.29) is 11.7 Å². The average molecular weight is 268 g/mol. The third-order valence-corrected chi connectivity index (χ3v) is 2.44. The second-order valence-corrected chi connectivity index (χ2v) is 5.47. The van der Waals surface area contributed by atoms with Crippen LogP contribution in [0.5, 0.6) is 0 Å². The minimum absolute atomic E-state index is 0.234. The fourth-order valence-corrected chi connectivity index (χ4v) is 1.76. The molecule has 2 atom stereocenters. The number of nitrogens with one attached hydrogen (secondary N) is 2. The molecule has 1 aliphatic carbocycles. The number of ketones is 1. The van der Waals surface area contributed by atoms with Gasteiger partial charge in [0.25, 0.3) is 0 Å². The molecule has 0 bridgehead atoms. The van der Waals surface area contributed by atoms with E-state index in [4.69, 9.17) is 4.74 Å². The van der Waals surface area contributed by atoms with E-state index < -0.39 is 23.8 Å². The average Bonchev–Trinajstić information content (AvgIpc) is 2.19. The molecule has 0 aliphatic heterocycles. The normalized spacial score (nSPS) is 22.8. The van der Waals surface area contributed by atoms with Gasteiger partial charge in [-0.2, -0.15) is 0 Å². The van der Waals surface area contributed by atoms with Gasteiger partial charge >= 0.3 is 6.09 Å². The number of alkyl carbamates (subject to hydrolysis) is 1. The Labute approximate surface area is 112 Å². The van der Waals surface area contributed by atoms with E-state index >= 15 is 0 Å². The predicted octanol–water partition coefficient (Wildman–Crippen LogP) is 0.913. The number of carbonyl (C=O) groups excluding carboxylic acids is 3. The van der Waals surface area contributed by atoms with Crippen LogP contribution in [0.4, 0.5) is 4.79 Å². The maximum Gasteiger partial charge on any atom is 0.407 e. The van der Waals surface area contributed by atoms with Crippen LogP contribution in [0.1, 0.15) is 34.1 Å². The van der Waals surface area contributed by atoms with E-state index in [2.05, 4.69) is 10.6 Å². The SMILES string of the molecule is CC(=O)N[C@H]1C(=O)C=CC[C@@H]1NC(=O)OC(C)(C)C. The van der Waals surface area contributed by atoms with Crippen molar-refractivity contribution in [2.45, 2.75) is 51.8 Å². The van der Waals surface area contributed by atoms with Gasteiger partial charge in [-0.05, 0) is 33.3 Å². The molecule has 0 aromatic rings. The summed E-state index contributed by atoms with van der Waals surface area (Å²) in [6.45, 7) is 6.59. The van der Waals surface area contributed by atoms with Gasteiger partial charge in [0.15, 0.2) is 5.78 Å². The van der Waals surface area contributed by atoms with Crippen LogP contribution in [0, 0.1) is 0 Å². The Kier molecular flexibility index (Phi) is 4.69. The van der Waals surface area contributed by atoms with Gasteiger partial charge < -0.3 is 15.4 Å². The summed E-state index contributed by atoms with van der Waals surface area (Å²) in [6, 6.07) is -1.23. The number of carbonyl (C=O) groups is 3. The zero-order valence-electron chi connectivity index (χ0n) is 11.6. The molecule has 106 valence electrons. The van der Waals surface area contributed by atoms with E-state index in [0.29, 0.717) is 6.42 Å². The molecule has 6 heteroatoms. The topological polar surface area (TPSA) is 84.5 Å². The minimum atomic E-state index is -0.741. The van der Waals surface area contributed by atoms with Crippen molar-refractivity contribution in [3.63, 3.8) is 0 Å². The van der Waals surface area contributed by atoms with Crippen LogP contribution in [-0.4, -0.2) is 35.5 Å². The van der Waals surface area contributed by atoms with E-state index in [1.165, 1.54) is 13.0 Å². The molecule has 2 amide bonds. The van der Waals surface area contributed by atoms with Crippen molar-refractivity contribution in [3.8, 4) is 0 Å². The summed E-state index contributed by atoms with van der Waals surface area (Å²) in [5.74, 6) is -0.549. The highest BCUT2D eigenvalue weighted by Crippen LogP contribution is 2.12. The number of amides is 2. The van der Waals surface area contributed by atoms with Gasteiger partial charge in [0.1, 0.15) is 11.6 Å². The summed E-state index contributed by atoms with van der Waals surface area (Å²) >= 11 is 0. The second-order valence-electron chi connectivity index (χ2n) is 5.47. The molecule has 0 spiro atoms. The molecule has 6 nitrogen and oxygen atoms in total. The Morgan fingerprint density at radius 2 is 1.95 bits per heavy atom. The fraction of sp³-hybridized carbons (Fsp3) is 0.615. The summed E-state index contributed by atoms with van der Waals surface area (Å²) in [7, 11) is 0. The lowest BCUT2D eigenvalue weighted by Crippen LogP contribution is -2.56. The molecule has 0 unspecified atom stereocenters. The molecular formula is C13H20N2O4. The molecule has 0 fully saturated rings. The zero-order valence-corrected chi connectivity index (χ0v) is 11.6. The summed E-state index contributed by atoms with van der Waals surface area (Å²) in [4.78, 5) is 34.5. The van der Waals surface area contributed by atoms with Crippen LogP contribution in [0.25, 0.3) is 0 Å². The van der Waals surface area contributed by atoms with Crippen LogP contribution in [0.15, 0.2) is 12.2 Å². The molecule has 0 saturated heterocycles. The van der Waals surface area contributed by atoms with Gasteiger partial charge in [-0.3, -0.25) is 9.59 Å². The van der Waals surface area contributed by atoms with Gasteiger partial charge in [-0.15, -0.1) is 0 Å². The third-order valence-electron chi connectivity index (χ3n) is 2.44. The summed E-state index contributed by atoms with van der Waals surface area (Å²) in [5.41, 5.74) is -0.609. The van der Waals surface area contributed by atoms with Crippen molar-refractivity contribution in [3.05, 3.63) is 12.2 Å². The summed E-state index contributed by atoms with van der Waals surface area (Å²) in [6.07, 6.45) is 2.95. The van der Waals surface area contributed by atoms with Crippen molar-refractivity contribution < 1.29 is 19.1 Å². The summed E-state index contributed by atoms with van der Waals surface area (Å²) < 4.78 is 5.13. The van der Waals surface area contributed by atoms with Gasteiger partial charge in [0.05, 0.1) is 6.04 Å². The standard InChI is InChI=1S/C13H20N2O4/c1-8(16)14-11-9(6-5-7-10(11)17)15-12(18)19-13(2,3)4/h5,7,9,11H,6H2,1-4H3,(H,14,16)(H,15,18)/t9-,11+/m0/s1. The Bertz CT molecular complexity index is 409. The quantitative estimate of drug-likeness (QED) is 0.779. The van der Waals surface area contributed by atoms with Gasteiger partial charge in [0, 0.05) is 6.92 Å². The fourth-order valence-electron chi connectivity index (χ4n) is 1.76. The van der Waals surface area contributed by atoms with Gasteiger partial charge in [0.2, 0.25) is 5.91 Å². The molecular weight excluding hydrogens is 248 g/mol. The van der Waals surface area contributed by atoms with Crippen molar-refractivity contribution in [2.24, 2.45) is 0 Å². The monoisotopic (exact) mass is 268 g/mol. The lowest BCUT2D eigenvalue weighted by Gasteiger charge is -2.29. The Morgan fingerprint density at radius 3 is 2.47 bits per heavy atom. The highest BCUT2D eigenvalue weighted by Gasteiger charge is 2.32. The lowest BCUT2D eigenvalue weighted by atomic mass is 9.95. The first-order valence-electron chi connectivity index (χ1n) is 6.16. The molecule has 19 heavy (non-hydrogen) atoms. The highest BCUT2D eigenvalue weighted by molar-refractivity contribution is 5.98. The molecule has 0 aromatic heterocycles. The van der Waals surface area contributed by atoms with Gasteiger partial charge in [-0.25, -0.2) is 4.79 Å². The van der Waals surface area contributed by atoms with Crippen LogP contribution >= 0.6 is 0 Å². The lowest BCUT2D eigenvalue weighted by molar-refractivity contribution is -0.125. The summed E-state index contributed by atoms with van der Waals surface area (Å²) in [5, 5.41) is 5.15. The van der Waals surface area contributed by atoms with E-state index in [9.17, 15) is 14.4 Å². The maximum atomic E-state index is 11.7. The number of hydrogen-bond acceptors (Lipinski definition) is 4. The van der Waals surface area contributed by atoms with Crippen LogP contribution in [-0.2, 0) is 14.3 Å². The first-order valence-corrected chi connectivity index (χ1v) is 6.16. The minimum Gasteiger partial charge on any atom is -0.444 e. The zero-order chi connectivity index (χ0) is 14.6. The number of ether oxygens (including phenoxy) is 1. The number of rotatable bonds is 2. The molecule has 2 N–H and O–H groups in total. The molecule has 1 aliphatic rings. The van der Waals surface area contributed by atoms with Crippen LogP contribution in [0.3, 0.4) is 0 Å². The van der Waals surface area contributed by atoms with Crippen LogP contribution < -0.4 is 10.6 Å². The second kappa shape index (κ2) is 5.86. The Morgan fingerprint density at radius 1 is 1.32 bits per heavy atom. The predicted molar refractivity (Wildman–Crippen MR) is 69.5 cm³/mol. The van der Waals surface area contributed by atoms with E-state index in [1.54, 1.807) is 26.8 Å². The van der Waals surface area contributed by atoms with Crippen LogP contribution in [0.2, 0.25) is 0 Å². The van der Waals surface area contributed by atoms with Crippen molar-refractivity contribution in [1.82, 2.24) is 10.6 Å². The largest absolute Gasteiger partial charge is 0.444 e. The van der Waals surface area contributed by atoms with E-state index in [1.807, 2.05) is 0 Å². The third kappa shape index (κ3) is 5.11. The Hall–Kier alpha value is -1.85. The molecule has 0 aromatic carbocycles.